The molecule has 0 fully saturated rings. The van der Waals surface area contributed by atoms with Crippen LogP contribution in [-0.2, 0) is 6.61 Å². The highest BCUT2D eigenvalue weighted by Crippen LogP contribution is 2.29. The highest BCUT2D eigenvalue weighted by molar-refractivity contribution is 6.31. The summed E-state index contributed by atoms with van der Waals surface area (Å²) in [7, 11) is 1.58. The third-order valence-corrected chi connectivity index (χ3v) is 4.15. The SMILES string of the molecule is COc1ccc(/C=N/Nc2nc(C)cc(=O)[nH]2)cc1OCc1ccccc1Cl. The number of hydrogen-bond acceptors (Lipinski definition) is 6. The molecule has 1 aromatic heterocycles. The molecule has 0 saturated heterocycles. The Morgan fingerprint density at radius 2 is 2.04 bits per heavy atom. The molecule has 144 valence electrons. The molecule has 0 saturated carbocycles. The van der Waals surface area contributed by atoms with Crippen LogP contribution in [0.5, 0.6) is 11.5 Å². The number of benzene rings is 2. The van der Waals surface area contributed by atoms with Crippen LogP contribution in [0.4, 0.5) is 5.95 Å². The summed E-state index contributed by atoms with van der Waals surface area (Å²) < 4.78 is 11.2. The summed E-state index contributed by atoms with van der Waals surface area (Å²) in [6.07, 6.45) is 1.59. The highest BCUT2D eigenvalue weighted by Gasteiger charge is 2.07. The van der Waals surface area contributed by atoms with Gasteiger partial charge in [-0.25, -0.2) is 10.4 Å². The molecular weight excluding hydrogens is 380 g/mol. The van der Waals surface area contributed by atoms with Crippen molar-refractivity contribution in [1.29, 1.82) is 0 Å². The number of halogens is 1. The molecule has 0 aliphatic carbocycles. The summed E-state index contributed by atoms with van der Waals surface area (Å²) in [5.41, 5.74) is 4.71. The second kappa shape index (κ2) is 9.05. The van der Waals surface area contributed by atoms with Crippen molar-refractivity contribution in [2.75, 3.05) is 12.5 Å². The van der Waals surface area contributed by atoms with E-state index in [9.17, 15) is 4.79 Å². The zero-order valence-electron chi connectivity index (χ0n) is 15.4. The van der Waals surface area contributed by atoms with Crippen LogP contribution in [0.3, 0.4) is 0 Å². The number of nitrogens with zero attached hydrogens (tertiary/aromatic N) is 2. The summed E-state index contributed by atoms with van der Waals surface area (Å²) in [6.45, 7) is 2.04. The van der Waals surface area contributed by atoms with Crippen molar-refractivity contribution in [3.05, 3.63) is 80.7 Å². The number of nitrogens with one attached hydrogen (secondary N) is 2. The average Bonchev–Trinajstić information content (AvgIpc) is 2.67. The van der Waals surface area contributed by atoms with Gasteiger partial charge in [0.05, 0.1) is 13.3 Å². The Morgan fingerprint density at radius 3 is 2.79 bits per heavy atom. The summed E-state index contributed by atoms with van der Waals surface area (Å²) in [5.74, 6) is 1.43. The number of aromatic amines is 1. The molecule has 0 bridgehead atoms. The van der Waals surface area contributed by atoms with Crippen LogP contribution in [0.1, 0.15) is 16.8 Å². The second-order valence-corrected chi connectivity index (χ2v) is 6.30. The third-order valence-electron chi connectivity index (χ3n) is 3.78. The van der Waals surface area contributed by atoms with Gasteiger partial charge in [-0.2, -0.15) is 5.10 Å². The Morgan fingerprint density at radius 1 is 1.21 bits per heavy atom. The van der Waals surface area contributed by atoms with Gasteiger partial charge in [-0.3, -0.25) is 9.78 Å². The molecule has 3 rings (SSSR count). The first kappa shape index (κ1) is 19.4. The van der Waals surface area contributed by atoms with Crippen LogP contribution in [0, 0.1) is 6.92 Å². The van der Waals surface area contributed by atoms with Gasteiger partial charge >= 0.3 is 0 Å². The normalized spacial score (nSPS) is 10.8. The van der Waals surface area contributed by atoms with Gasteiger partial charge in [-0.05, 0) is 36.8 Å². The molecule has 2 N–H and O–H groups in total. The van der Waals surface area contributed by atoms with Crippen LogP contribution >= 0.6 is 11.6 Å². The molecule has 1 heterocycles. The topological polar surface area (TPSA) is 88.6 Å². The number of aryl methyl sites for hydroxylation is 1. The summed E-state index contributed by atoms with van der Waals surface area (Å²) in [4.78, 5) is 18.1. The van der Waals surface area contributed by atoms with E-state index in [1.807, 2.05) is 30.3 Å². The van der Waals surface area contributed by atoms with Crippen molar-refractivity contribution >= 4 is 23.8 Å². The lowest BCUT2D eigenvalue weighted by Gasteiger charge is -2.12. The number of anilines is 1. The van der Waals surface area contributed by atoms with E-state index in [0.29, 0.717) is 28.8 Å². The zero-order valence-corrected chi connectivity index (χ0v) is 16.2. The van der Waals surface area contributed by atoms with E-state index in [1.54, 1.807) is 32.4 Å². The molecule has 2 aromatic carbocycles. The maximum atomic E-state index is 11.4. The fraction of sp³-hybridized carbons (Fsp3) is 0.150. The number of rotatable bonds is 7. The van der Waals surface area contributed by atoms with Crippen molar-refractivity contribution in [3.8, 4) is 11.5 Å². The number of methoxy groups -OCH3 is 1. The van der Waals surface area contributed by atoms with Gasteiger partial charge in [0.2, 0.25) is 5.95 Å². The molecule has 28 heavy (non-hydrogen) atoms. The lowest BCUT2D eigenvalue weighted by Crippen LogP contribution is -2.10. The predicted octanol–water partition coefficient (Wildman–Crippen LogP) is 3.77. The van der Waals surface area contributed by atoms with Crippen LogP contribution in [0.2, 0.25) is 5.02 Å². The standard InChI is InChI=1S/C20H19ClN4O3/c1-13-9-19(26)24-20(23-13)25-22-11-14-7-8-17(27-2)18(10-14)28-12-15-5-3-4-6-16(15)21/h3-11H,12H2,1-2H3,(H2,23,24,25,26)/b22-11+. The molecule has 0 spiro atoms. The van der Waals surface area contributed by atoms with Gasteiger partial charge in [-0.15, -0.1) is 0 Å². The first-order valence-corrected chi connectivity index (χ1v) is 8.84. The fourth-order valence-electron chi connectivity index (χ4n) is 2.46. The maximum absolute atomic E-state index is 11.4. The number of hydrogen-bond donors (Lipinski definition) is 2. The lowest BCUT2D eigenvalue weighted by molar-refractivity contribution is 0.284. The Hall–Kier alpha value is -3.32. The molecule has 0 atom stereocenters. The monoisotopic (exact) mass is 398 g/mol. The zero-order chi connectivity index (χ0) is 19.9. The van der Waals surface area contributed by atoms with Gasteiger partial charge in [0.15, 0.2) is 11.5 Å². The average molecular weight is 399 g/mol. The van der Waals surface area contributed by atoms with Crippen LogP contribution in [0.15, 0.2) is 58.4 Å². The Balaban J connectivity index is 1.72. The van der Waals surface area contributed by atoms with Crippen molar-refractivity contribution in [1.82, 2.24) is 9.97 Å². The number of hydrazone groups is 1. The number of H-pyrrole nitrogens is 1. The van der Waals surface area contributed by atoms with Crippen LogP contribution in [-0.4, -0.2) is 23.3 Å². The predicted molar refractivity (Wildman–Crippen MR) is 110 cm³/mol. The fourth-order valence-corrected chi connectivity index (χ4v) is 2.65. The van der Waals surface area contributed by atoms with Crippen LogP contribution in [0.25, 0.3) is 0 Å². The summed E-state index contributed by atoms with van der Waals surface area (Å²) in [5, 5.41) is 4.74. The largest absolute Gasteiger partial charge is 0.493 e. The Labute approximate surface area is 167 Å². The molecular formula is C20H19ClN4O3. The van der Waals surface area contributed by atoms with E-state index in [0.717, 1.165) is 11.1 Å². The molecule has 0 unspecified atom stereocenters. The Bertz CT molecular complexity index is 1050. The van der Waals surface area contributed by atoms with Gasteiger partial charge in [-0.1, -0.05) is 29.8 Å². The minimum atomic E-state index is -0.245. The van der Waals surface area contributed by atoms with E-state index < -0.39 is 0 Å². The lowest BCUT2D eigenvalue weighted by atomic mass is 10.2. The molecule has 8 heteroatoms. The Kier molecular flexibility index (Phi) is 6.29. The molecule has 3 aromatic rings. The van der Waals surface area contributed by atoms with Gasteiger partial charge in [0.25, 0.3) is 5.56 Å². The van der Waals surface area contributed by atoms with Gasteiger partial charge < -0.3 is 9.47 Å². The van der Waals surface area contributed by atoms with E-state index in [4.69, 9.17) is 21.1 Å². The molecule has 0 aliphatic rings. The van der Waals surface area contributed by atoms with E-state index in [-0.39, 0.29) is 11.5 Å². The first-order chi connectivity index (χ1) is 13.5. The van der Waals surface area contributed by atoms with E-state index in [1.165, 1.54) is 6.07 Å². The smallest absolute Gasteiger partial charge is 0.252 e. The second-order valence-electron chi connectivity index (χ2n) is 5.90. The molecule has 7 nitrogen and oxygen atoms in total. The maximum Gasteiger partial charge on any atom is 0.252 e. The summed E-state index contributed by atoms with van der Waals surface area (Å²) >= 11 is 6.17. The number of aromatic nitrogens is 2. The molecule has 0 radical (unpaired) electrons. The summed E-state index contributed by atoms with van der Waals surface area (Å²) in [6, 6.07) is 14.3. The van der Waals surface area contributed by atoms with E-state index >= 15 is 0 Å². The van der Waals surface area contributed by atoms with Crippen molar-refractivity contribution < 1.29 is 9.47 Å². The minimum Gasteiger partial charge on any atom is -0.493 e. The number of ether oxygens (including phenoxy) is 2. The van der Waals surface area contributed by atoms with E-state index in [2.05, 4.69) is 20.5 Å². The van der Waals surface area contributed by atoms with Crippen molar-refractivity contribution in [2.45, 2.75) is 13.5 Å². The van der Waals surface area contributed by atoms with Crippen molar-refractivity contribution in [2.24, 2.45) is 5.10 Å². The third kappa shape index (κ3) is 5.11. The van der Waals surface area contributed by atoms with Gasteiger partial charge in [0, 0.05) is 22.3 Å². The molecule has 0 amide bonds. The van der Waals surface area contributed by atoms with Crippen molar-refractivity contribution in [3.63, 3.8) is 0 Å². The quantitative estimate of drug-likeness (QED) is 0.467. The first-order valence-electron chi connectivity index (χ1n) is 8.46. The highest BCUT2D eigenvalue weighted by atomic mass is 35.5. The van der Waals surface area contributed by atoms with Gasteiger partial charge in [0.1, 0.15) is 6.61 Å². The minimum absolute atomic E-state index is 0.245. The van der Waals surface area contributed by atoms with Crippen LogP contribution < -0.4 is 20.5 Å². The molecule has 0 aliphatic heterocycles.